The molecule has 0 spiro atoms. The van der Waals surface area contributed by atoms with Gasteiger partial charge in [0.2, 0.25) is 0 Å². The van der Waals surface area contributed by atoms with Crippen molar-refractivity contribution in [3.8, 4) is 22.6 Å². The SMILES string of the molecule is Cc1cnccc1-c1nc(Cl)c(C)c(-c2ccccc2)n1. The minimum Gasteiger partial charge on any atom is -0.264 e. The van der Waals surface area contributed by atoms with E-state index in [4.69, 9.17) is 16.6 Å². The lowest BCUT2D eigenvalue weighted by Crippen LogP contribution is -1.98. The molecule has 0 aliphatic carbocycles. The third kappa shape index (κ3) is 2.65. The highest BCUT2D eigenvalue weighted by atomic mass is 35.5. The van der Waals surface area contributed by atoms with E-state index in [1.165, 1.54) is 0 Å². The zero-order chi connectivity index (χ0) is 14.8. The minimum atomic E-state index is 0.482. The molecule has 0 radical (unpaired) electrons. The van der Waals surface area contributed by atoms with Crippen molar-refractivity contribution in [1.82, 2.24) is 15.0 Å². The van der Waals surface area contributed by atoms with Gasteiger partial charge in [0.1, 0.15) is 5.15 Å². The van der Waals surface area contributed by atoms with Gasteiger partial charge in [0.15, 0.2) is 5.82 Å². The maximum atomic E-state index is 6.30. The van der Waals surface area contributed by atoms with Crippen LogP contribution >= 0.6 is 11.6 Å². The maximum absolute atomic E-state index is 6.30. The van der Waals surface area contributed by atoms with Gasteiger partial charge in [-0.3, -0.25) is 4.98 Å². The highest BCUT2D eigenvalue weighted by Gasteiger charge is 2.13. The second kappa shape index (κ2) is 5.62. The molecule has 3 nitrogen and oxygen atoms in total. The molecular weight excluding hydrogens is 282 g/mol. The van der Waals surface area contributed by atoms with Crippen molar-refractivity contribution >= 4 is 11.6 Å². The van der Waals surface area contributed by atoms with Gasteiger partial charge >= 0.3 is 0 Å². The first-order valence-electron chi connectivity index (χ1n) is 6.67. The van der Waals surface area contributed by atoms with E-state index in [1.54, 1.807) is 12.4 Å². The predicted octanol–water partition coefficient (Wildman–Crippen LogP) is 4.48. The van der Waals surface area contributed by atoms with Gasteiger partial charge in [0, 0.05) is 29.1 Å². The van der Waals surface area contributed by atoms with Crippen molar-refractivity contribution in [3.63, 3.8) is 0 Å². The Kier molecular flexibility index (Phi) is 3.67. The van der Waals surface area contributed by atoms with Crippen LogP contribution in [0.15, 0.2) is 48.8 Å². The Morgan fingerprint density at radius 1 is 0.952 bits per heavy atom. The summed E-state index contributed by atoms with van der Waals surface area (Å²) in [7, 11) is 0. The molecule has 2 heterocycles. The lowest BCUT2D eigenvalue weighted by molar-refractivity contribution is 1.13. The Balaban J connectivity index is 2.22. The molecule has 21 heavy (non-hydrogen) atoms. The molecule has 1 aromatic carbocycles. The standard InChI is InChI=1S/C17H14ClN3/c1-11-10-19-9-8-14(11)17-20-15(12(2)16(18)21-17)13-6-4-3-5-7-13/h3-10H,1-2H3. The van der Waals surface area contributed by atoms with E-state index < -0.39 is 0 Å². The van der Waals surface area contributed by atoms with Crippen LogP contribution < -0.4 is 0 Å². The van der Waals surface area contributed by atoms with Crippen molar-refractivity contribution in [1.29, 1.82) is 0 Å². The number of rotatable bonds is 2. The number of nitrogens with zero attached hydrogens (tertiary/aromatic N) is 3. The zero-order valence-corrected chi connectivity index (χ0v) is 12.6. The van der Waals surface area contributed by atoms with Crippen LogP contribution in [0.1, 0.15) is 11.1 Å². The Morgan fingerprint density at radius 3 is 2.43 bits per heavy atom. The summed E-state index contributed by atoms with van der Waals surface area (Å²) in [5.41, 5.74) is 4.76. The van der Waals surface area contributed by atoms with E-state index in [-0.39, 0.29) is 0 Å². The van der Waals surface area contributed by atoms with Crippen LogP contribution in [0, 0.1) is 13.8 Å². The maximum Gasteiger partial charge on any atom is 0.161 e. The molecule has 0 saturated carbocycles. The van der Waals surface area contributed by atoms with Crippen LogP contribution in [0.2, 0.25) is 5.15 Å². The quantitative estimate of drug-likeness (QED) is 0.654. The molecule has 0 atom stereocenters. The monoisotopic (exact) mass is 295 g/mol. The van der Waals surface area contributed by atoms with Gasteiger partial charge in [0.25, 0.3) is 0 Å². The second-order valence-corrected chi connectivity index (χ2v) is 5.23. The predicted molar refractivity (Wildman–Crippen MR) is 85.2 cm³/mol. The number of aromatic nitrogens is 3. The van der Waals surface area contributed by atoms with Gasteiger partial charge < -0.3 is 0 Å². The number of aryl methyl sites for hydroxylation is 1. The zero-order valence-electron chi connectivity index (χ0n) is 11.8. The first-order chi connectivity index (χ1) is 10.2. The normalized spacial score (nSPS) is 10.6. The average molecular weight is 296 g/mol. The molecule has 0 N–H and O–H groups in total. The fourth-order valence-corrected chi connectivity index (χ4v) is 2.38. The molecule has 0 aliphatic heterocycles. The number of halogens is 1. The smallest absolute Gasteiger partial charge is 0.161 e. The van der Waals surface area contributed by atoms with Crippen LogP contribution in [0.5, 0.6) is 0 Å². The minimum absolute atomic E-state index is 0.482. The summed E-state index contributed by atoms with van der Waals surface area (Å²) in [5, 5.41) is 0.482. The molecule has 3 aromatic rings. The summed E-state index contributed by atoms with van der Waals surface area (Å²) < 4.78 is 0. The summed E-state index contributed by atoms with van der Waals surface area (Å²) in [5.74, 6) is 0.629. The van der Waals surface area contributed by atoms with Gasteiger partial charge in [-0.1, -0.05) is 41.9 Å². The molecule has 0 aliphatic rings. The van der Waals surface area contributed by atoms with Crippen molar-refractivity contribution in [2.24, 2.45) is 0 Å². The molecule has 0 fully saturated rings. The molecule has 0 unspecified atom stereocenters. The van der Waals surface area contributed by atoms with Gasteiger partial charge in [-0.15, -0.1) is 0 Å². The Labute approximate surface area is 128 Å². The van der Waals surface area contributed by atoms with E-state index in [1.807, 2.05) is 50.2 Å². The first kappa shape index (κ1) is 13.7. The molecular formula is C17H14ClN3. The summed E-state index contributed by atoms with van der Waals surface area (Å²) in [6.45, 7) is 3.93. The number of hydrogen-bond donors (Lipinski definition) is 0. The lowest BCUT2D eigenvalue weighted by Gasteiger charge is -2.10. The molecule has 0 bridgehead atoms. The largest absolute Gasteiger partial charge is 0.264 e. The molecule has 0 amide bonds. The molecule has 3 rings (SSSR count). The van der Waals surface area contributed by atoms with E-state index in [0.29, 0.717) is 11.0 Å². The van der Waals surface area contributed by atoms with Crippen molar-refractivity contribution in [2.45, 2.75) is 13.8 Å². The van der Waals surface area contributed by atoms with Crippen molar-refractivity contribution < 1.29 is 0 Å². The van der Waals surface area contributed by atoms with E-state index in [0.717, 1.165) is 27.9 Å². The van der Waals surface area contributed by atoms with E-state index in [2.05, 4.69) is 9.97 Å². The highest BCUT2D eigenvalue weighted by molar-refractivity contribution is 6.30. The number of benzene rings is 1. The first-order valence-corrected chi connectivity index (χ1v) is 7.05. The van der Waals surface area contributed by atoms with Crippen LogP contribution in [0.4, 0.5) is 0 Å². The summed E-state index contributed by atoms with van der Waals surface area (Å²) in [4.78, 5) is 13.2. The number of hydrogen-bond acceptors (Lipinski definition) is 3. The van der Waals surface area contributed by atoms with Crippen LogP contribution in [-0.4, -0.2) is 15.0 Å². The summed E-state index contributed by atoms with van der Waals surface area (Å²) in [6.07, 6.45) is 3.54. The van der Waals surface area contributed by atoms with E-state index in [9.17, 15) is 0 Å². The van der Waals surface area contributed by atoms with Crippen LogP contribution in [0.25, 0.3) is 22.6 Å². The molecule has 104 valence electrons. The van der Waals surface area contributed by atoms with E-state index >= 15 is 0 Å². The van der Waals surface area contributed by atoms with Crippen LogP contribution in [-0.2, 0) is 0 Å². The van der Waals surface area contributed by atoms with Crippen molar-refractivity contribution in [3.05, 3.63) is 65.1 Å². The molecule has 2 aromatic heterocycles. The van der Waals surface area contributed by atoms with Crippen molar-refractivity contribution in [2.75, 3.05) is 0 Å². The molecule has 4 heteroatoms. The highest BCUT2D eigenvalue weighted by Crippen LogP contribution is 2.29. The number of pyridine rings is 1. The lowest BCUT2D eigenvalue weighted by atomic mass is 10.1. The van der Waals surface area contributed by atoms with Gasteiger partial charge in [-0.25, -0.2) is 9.97 Å². The summed E-state index contributed by atoms with van der Waals surface area (Å²) >= 11 is 6.30. The average Bonchev–Trinajstić information content (AvgIpc) is 2.51. The van der Waals surface area contributed by atoms with Crippen LogP contribution in [0.3, 0.4) is 0 Å². The third-order valence-corrected chi connectivity index (χ3v) is 3.76. The Bertz CT molecular complexity index is 785. The Morgan fingerprint density at radius 2 is 1.71 bits per heavy atom. The second-order valence-electron chi connectivity index (χ2n) is 4.87. The molecule has 0 saturated heterocycles. The summed E-state index contributed by atoms with van der Waals surface area (Å²) in [6, 6.07) is 11.9. The van der Waals surface area contributed by atoms with Gasteiger partial charge in [-0.2, -0.15) is 0 Å². The van der Waals surface area contributed by atoms with Gasteiger partial charge in [-0.05, 0) is 25.5 Å². The fourth-order valence-electron chi connectivity index (χ4n) is 2.21. The van der Waals surface area contributed by atoms with Gasteiger partial charge in [0.05, 0.1) is 5.69 Å². The third-order valence-electron chi connectivity index (χ3n) is 3.39. The Hall–Kier alpha value is -2.26. The topological polar surface area (TPSA) is 38.7 Å². The fraction of sp³-hybridized carbons (Fsp3) is 0.118.